The molecule has 1 rings (SSSR count). The van der Waals surface area contributed by atoms with Gasteiger partial charge in [-0.05, 0) is 31.0 Å². The van der Waals surface area contributed by atoms with Gasteiger partial charge in [-0.25, -0.2) is 0 Å². The predicted octanol–water partition coefficient (Wildman–Crippen LogP) is 1.88. The van der Waals surface area contributed by atoms with Crippen molar-refractivity contribution < 1.29 is 14.6 Å². The third kappa shape index (κ3) is 5.22. The first kappa shape index (κ1) is 17.2. The molecule has 0 spiro atoms. The Balaban J connectivity index is 2.90. The van der Waals surface area contributed by atoms with Crippen LogP contribution in [0.1, 0.15) is 41.3 Å². The minimum atomic E-state index is -0.109. The zero-order valence-electron chi connectivity index (χ0n) is 12.9. The molecule has 0 aliphatic rings. The van der Waals surface area contributed by atoms with Crippen LogP contribution in [0.15, 0.2) is 18.2 Å². The van der Waals surface area contributed by atoms with Crippen molar-refractivity contribution in [3.05, 3.63) is 34.9 Å². The largest absolute Gasteiger partial charge is 0.395 e. The van der Waals surface area contributed by atoms with Crippen LogP contribution in [0.4, 0.5) is 0 Å². The highest BCUT2D eigenvalue weighted by molar-refractivity contribution is 5.96. The lowest BCUT2D eigenvalue weighted by atomic mass is 10.0. The fraction of sp³-hybridized carbons (Fsp3) is 0.471. The van der Waals surface area contributed by atoms with Gasteiger partial charge in [0.15, 0.2) is 0 Å². The number of amides is 1. The van der Waals surface area contributed by atoms with Crippen LogP contribution < -0.4 is 5.32 Å². The Kier molecular flexibility index (Phi) is 7.52. The molecule has 4 heteroatoms. The Morgan fingerprint density at radius 2 is 2.24 bits per heavy atom. The second-order valence-corrected chi connectivity index (χ2v) is 4.79. The van der Waals surface area contributed by atoms with E-state index >= 15 is 0 Å². The highest BCUT2D eigenvalue weighted by atomic mass is 16.5. The smallest absolute Gasteiger partial charge is 0.251 e. The van der Waals surface area contributed by atoms with E-state index in [1.807, 2.05) is 26.0 Å². The molecule has 1 aromatic rings. The van der Waals surface area contributed by atoms with E-state index in [1.54, 1.807) is 13.2 Å². The maximum absolute atomic E-state index is 12.3. The molecule has 1 amide bonds. The van der Waals surface area contributed by atoms with Crippen molar-refractivity contribution in [3.63, 3.8) is 0 Å². The third-order valence-corrected chi connectivity index (χ3v) is 3.23. The van der Waals surface area contributed by atoms with E-state index in [0.717, 1.165) is 17.5 Å². The molecule has 2 N–H and O–H groups in total. The van der Waals surface area contributed by atoms with Gasteiger partial charge in [-0.2, -0.15) is 0 Å². The van der Waals surface area contributed by atoms with Crippen LogP contribution in [0.25, 0.3) is 0 Å². The zero-order chi connectivity index (χ0) is 15.7. The third-order valence-electron chi connectivity index (χ3n) is 3.23. The van der Waals surface area contributed by atoms with Crippen LogP contribution in [0.3, 0.4) is 0 Å². The van der Waals surface area contributed by atoms with Crippen LogP contribution >= 0.6 is 0 Å². The van der Waals surface area contributed by atoms with Crippen molar-refractivity contribution in [1.82, 2.24) is 5.32 Å². The Hall–Kier alpha value is -1.83. The van der Waals surface area contributed by atoms with E-state index in [9.17, 15) is 4.79 Å². The number of hydrogen-bond donors (Lipinski definition) is 2. The molecule has 4 nitrogen and oxygen atoms in total. The predicted molar refractivity (Wildman–Crippen MR) is 83.2 cm³/mol. The number of aliphatic hydroxyl groups excluding tert-OH is 1. The number of ether oxygens (including phenoxy) is 1. The molecule has 0 fully saturated rings. The van der Waals surface area contributed by atoms with Crippen LogP contribution in [-0.2, 0) is 4.74 Å². The number of rotatable bonds is 6. The first-order chi connectivity index (χ1) is 10.1. The Morgan fingerprint density at radius 1 is 1.48 bits per heavy atom. The number of aliphatic hydroxyl groups is 1. The molecule has 0 radical (unpaired) electrons. The SMILES string of the molecule is CCC(COC)NC(=O)c1cccc(C#CCCO)c1C. The number of hydrogen-bond acceptors (Lipinski definition) is 3. The highest BCUT2D eigenvalue weighted by Crippen LogP contribution is 2.13. The molecule has 21 heavy (non-hydrogen) atoms. The van der Waals surface area contributed by atoms with Crippen LogP contribution in [0, 0.1) is 18.8 Å². The van der Waals surface area contributed by atoms with Gasteiger partial charge in [-0.1, -0.05) is 24.8 Å². The van der Waals surface area contributed by atoms with Gasteiger partial charge >= 0.3 is 0 Å². The fourth-order valence-electron chi connectivity index (χ4n) is 1.96. The van der Waals surface area contributed by atoms with Gasteiger partial charge < -0.3 is 15.2 Å². The molecular weight excluding hydrogens is 266 g/mol. The maximum atomic E-state index is 12.3. The molecule has 1 unspecified atom stereocenters. The van der Waals surface area contributed by atoms with Crippen LogP contribution in [0.5, 0.6) is 0 Å². The van der Waals surface area contributed by atoms with Gasteiger partial charge in [0.05, 0.1) is 19.3 Å². The van der Waals surface area contributed by atoms with E-state index in [4.69, 9.17) is 9.84 Å². The lowest BCUT2D eigenvalue weighted by Gasteiger charge is -2.17. The molecule has 114 valence electrons. The van der Waals surface area contributed by atoms with E-state index in [-0.39, 0.29) is 18.6 Å². The van der Waals surface area contributed by atoms with Crippen LogP contribution in [-0.4, -0.2) is 37.4 Å². The minimum Gasteiger partial charge on any atom is -0.395 e. The first-order valence-corrected chi connectivity index (χ1v) is 7.13. The molecule has 0 aliphatic heterocycles. The number of nitrogens with one attached hydrogen (secondary N) is 1. The van der Waals surface area contributed by atoms with Gasteiger partial charge in [0, 0.05) is 24.7 Å². The molecular formula is C17H23NO3. The summed E-state index contributed by atoms with van der Waals surface area (Å²) in [6.07, 6.45) is 1.25. The monoisotopic (exact) mass is 289 g/mol. The van der Waals surface area contributed by atoms with Gasteiger partial charge in [0.2, 0.25) is 0 Å². The summed E-state index contributed by atoms with van der Waals surface area (Å²) >= 11 is 0. The summed E-state index contributed by atoms with van der Waals surface area (Å²) in [5, 5.41) is 11.7. The molecule has 0 bridgehead atoms. The number of benzene rings is 1. The average Bonchev–Trinajstić information content (AvgIpc) is 2.48. The number of carbonyl (C=O) groups is 1. The molecule has 0 aliphatic carbocycles. The Morgan fingerprint density at radius 3 is 2.86 bits per heavy atom. The summed E-state index contributed by atoms with van der Waals surface area (Å²) in [5.41, 5.74) is 2.30. The van der Waals surface area contributed by atoms with E-state index in [0.29, 0.717) is 18.6 Å². The number of methoxy groups -OCH3 is 1. The maximum Gasteiger partial charge on any atom is 0.251 e. The van der Waals surface area contributed by atoms with E-state index in [2.05, 4.69) is 17.2 Å². The molecule has 1 atom stereocenters. The van der Waals surface area contributed by atoms with Gasteiger partial charge in [0.25, 0.3) is 5.91 Å². The van der Waals surface area contributed by atoms with Crippen molar-refractivity contribution in [2.24, 2.45) is 0 Å². The summed E-state index contributed by atoms with van der Waals surface area (Å²) in [6.45, 7) is 4.43. The minimum absolute atomic E-state index is 0.00558. The first-order valence-electron chi connectivity index (χ1n) is 7.13. The standard InChI is InChI=1S/C17H23NO3/c1-4-15(12-21-3)18-17(20)16-10-7-9-14(13(16)2)8-5-6-11-19/h7,9-10,15,19H,4,6,11-12H2,1-3H3,(H,18,20). The Bertz CT molecular complexity index is 529. The highest BCUT2D eigenvalue weighted by Gasteiger charge is 2.14. The van der Waals surface area contributed by atoms with Crippen molar-refractivity contribution in [1.29, 1.82) is 0 Å². The van der Waals surface area contributed by atoms with E-state index in [1.165, 1.54) is 0 Å². The molecule has 0 aromatic heterocycles. The lowest BCUT2D eigenvalue weighted by Crippen LogP contribution is -2.37. The van der Waals surface area contributed by atoms with Crippen molar-refractivity contribution in [3.8, 4) is 11.8 Å². The van der Waals surface area contributed by atoms with Gasteiger partial charge in [0.1, 0.15) is 0 Å². The quantitative estimate of drug-likeness (QED) is 0.786. The van der Waals surface area contributed by atoms with Crippen molar-refractivity contribution >= 4 is 5.91 Å². The summed E-state index contributed by atoms with van der Waals surface area (Å²) in [6, 6.07) is 5.50. The lowest BCUT2D eigenvalue weighted by molar-refractivity contribution is 0.0894. The van der Waals surface area contributed by atoms with Crippen molar-refractivity contribution in [2.45, 2.75) is 32.7 Å². The van der Waals surface area contributed by atoms with Crippen LogP contribution in [0.2, 0.25) is 0 Å². The Labute approximate surface area is 126 Å². The van der Waals surface area contributed by atoms with E-state index < -0.39 is 0 Å². The van der Waals surface area contributed by atoms with Gasteiger partial charge in [-0.15, -0.1) is 0 Å². The second-order valence-electron chi connectivity index (χ2n) is 4.79. The van der Waals surface area contributed by atoms with Gasteiger partial charge in [-0.3, -0.25) is 4.79 Å². The summed E-state index contributed by atoms with van der Waals surface area (Å²) in [4.78, 5) is 12.3. The zero-order valence-corrected chi connectivity index (χ0v) is 12.9. The van der Waals surface area contributed by atoms with Crippen molar-refractivity contribution in [2.75, 3.05) is 20.3 Å². The summed E-state index contributed by atoms with van der Waals surface area (Å²) in [5.74, 6) is 5.76. The normalized spacial score (nSPS) is 11.4. The molecule has 0 heterocycles. The fourth-order valence-corrected chi connectivity index (χ4v) is 1.96. The summed E-state index contributed by atoms with van der Waals surface area (Å²) < 4.78 is 5.09. The summed E-state index contributed by atoms with van der Waals surface area (Å²) in [7, 11) is 1.62. The average molecular weight is 289 g/mol. The number of carbonyl (C=O) groups excluding carboxylic acids is 1. The molecule has 1 aromatic carbocycles. The molecule has 0 saturated carbocycles. The second kappa shape index (κ2) is 9.17. The molecule has 0 saturated heterocycles. The topological polar surface area (TPSA) is 58.6 Å².